The van der Waals surface area contributed by atoms with E-state index in [2.05, 4.69) is 37.9 Å². The Balaban J connectivity index is 2.71. The van der Waals surface area contributed by atoms with Gasteiger partial charge in [-0.05, 0) is 49.6 Å². The van der Waals surface area contributed by atoms with Gasteiger partial charge in [-0.15, -0.1) is 0 Å². The smallest absolute Gasteiger partial charge is 0.138 e. The maximum absolute atomic E-state index is 9.43. The fourth-order valence-corrected chi connectivity index (χ4v) is 2.95. The van der Waals surface area contributed by atoms with Crippen molar-refractivity contribution >= 4 is 43.5 Å². The Morgan fingerprint density at radius 3 is 2.33 bits per heavy atom. The zero-order valence-corrected chi connectivity index (χ0v) is 12.9. The van der Waals surface area contributed by atoms with Crippen LogP contribution < -0.4 is 0 Å². The number of benzene rings is 1. The zero-order chi connectivity index (χ0) is 13.3. The molecule has 2 rings (SSSR count). The number of hydrogen-bond donors (Lipinski definition) is 1. The highest BCUT2D eigenvalue weighted by Crippen LogP contribution is 2.39. The summed E-state index contributed by atoms with van der Waals surface area (Å²) in [6.45, 7) is -0.273. The molecule has 0 fully saturated rings. The Morgan fingerprint density at radius 2 is 1.83 bits per heavy atom. The van der Waals surface area contributed by atoms with Crippen molar-refractivity contribution in [2.24, 2.45) is 0 Å². The fourth-order valence-electron chi connectivity index (χ4n) is 1.70. The molecule has 0 saturated heterocycles. The van der Waals surface area contributed by atoms with Crippen LogP contribution in [0.4, 0.5) is 0 Å². The third-order valence-corrected chi connectivity index (χ3v) is 4.84. The first kappa shape index (κ1) is 13.6. The van der Waals surface area contributed by atoms with E-state index in [9.17, 15) is 5.11 Å². The van der Waals surface area contributed by atoms with E-state index in [-0.39, 0.29) is 6.73 Å². The van der Waals surface area contributed by atoms with Crippen LogP contribution in [0.2, 0.25) is 5.02 Å². The second-order valence-corrected chi connectivity index (χ2v) is 5.54. The number of aliphatic hydroxyl groups excluding tert-OH is 1. The molecule has 0 spiro atoms. The van der Waals surface area contributed by atoms with Crippen LogP contribution in [0.5, 0.6) is 0 Å². The highest BCUT2D eigenvalue weighted by molar-refractivity contribution is 9.13. The first-order valence-corrected chi connectivity index (χ1v) is 6.91. The molecule has 0 saturated carbocycles. The number of nitriles is 1. The van der Waals surface area contributed by atoms with Gasteiger partial charge in [0, 0.05) is 5.02 Å². The summed E-state index contributed by atoms with van der Waals surface area (Å²) in [5, 5.41) is 19.2. The van der Waals surface area contributed by atoms with E-state index in [0.717, 1.165) is 15.7 Å². The highest BCUT2D eigenvalue weighted by atomic mass is 79.9. The second-order valence-electron chi connectivity index (χ2n) is 3.51. The van der Waals surface area contributed by atoms with E-state index in [1.54, 1.807) is 12.1 Å². The highest BCUT2D eigenvalue weighted by Gasteiger charge is 2.20. The quantitative estimate of drug-likeness (QED) is 0.837. The molecule has 18 heavy (non-hydrogen) atoms. The fraction of sp³-hybridized carbons (Fsp3) is 0.0833. The third kappa shape index (κ3) is 2.21. The van der Waals surface area contributed by atoms with Gasteiger partial charge in [-0.1, -0.05) is 23.7 Å². The molecule has 0 aliphatic rings. The number of nitrogens with zero attached hydrogens (tertiary/aromatic N) is 2. The van der Waals surface area contributed by atoms with Crippen molar-refractivity contribution in [2.45, 2.75) is 6.73 Å². The van der Waals surface area contributed by atoms with Crippen molar-refractivity contribution in [3.8, 4) is 17.3 Å². The summed E-state index contributed by atoms with van der Waals surface area (Å²) in [5.41, 5.74) is 1.97. The molecule has 3 nitrogen and oxygen atoms in total. The van der Waals surface area contributed by atoms with Crippen molar-refractivity contribution in [2.75, 3.05) is 0 Å². The van der Waals surface area contributed by atoms with Gasteiger partial charge in [0.05, 0.1) is 14.6 Å². The Kier molecular flexibility index (Phi) is 4.13. The molecule has 0 aliphatic heterocycles. The second kappa shape index (κ2) is 5.45. The van der Waals surface area contributed by atoms with E-state index in [1.165, 1.54) is 4.57 Å². The van der Waals surface area contributed by atoms with Crippen LogP contribution in [0, 0.1) is 11.3 Å². The SMILES string of the molecule is N#Cc1c(Br)c(Br)c(-c2ccc(Cl)cc2)n1CO. The van der Waals surface area contributed by atoms with Crippen LogP contribution in [0.15, 0.2) is 33.2 Å². The molecule has 0 unspecified atom stereocenters. The van der Waals surface area contributed by atoms with Crippen molar-refractivity contribution in [1.82, 2.24) is 4.57 Å². The van der Waals surface area contributed by atoms with Crippen LogP contribution in [0.1, 0.15) is 5.69 Å². The molecule has 2 aromatic rings. The summed E-state index contributed by atoms with van der Waals surface area (Å²) in [4.78, 5) is 0. The molecule has 1 heterocycles. The summed E-state index contributed by atoms with van der Waals surface area (Å²) < 4.78 is 2.89. The van der Waals surface area contributed by atoms with Gasteiger partial charge >= 0.3 is 0 Å². The third-order valence-electron chi connectivity index (χ3n) is 2.51. The molecule has 0 amide bonds. The van der Waals surface area contributed by atoms with Crippen molar-refractivity contribution < 1.29 is 5.11 Å². The molecule has 6 heteroatoms. The van der Waals surface area contributed by atoms with Crippen molar-refractivity contribution in [1.29, 1.82) is 5.26 Å². The Bertz CT molecular complexity index is 629. The van der Waals surface area contributed by atoms with E-state index in [1.807, 2.05) is 12.1 Å². The van der Waals surface area contributed by atoms with Crippen LogP contribution in [0.3, 0.4) is 0 Å². The minimum Gasteiger partial charge on any atom is -0.376 e. The van der Waals surface area contributed by atoms with Crippen LogP contribution >= 0.6 is 43.5 Å². The lowest BCUT2D eigenvalue weighted by atomic mass is 10.1. The molecular formula is C12H7Br2ClN2O. The number of aromatic nitrogens is 1. The van der Waals surface area contributed by atoms with Gasteiger partial charge in [-0.2, -0.15) is 5.26 Å². The molecule has 0 aliphatic carbocycles. The lowest BCUT2D eigenvalue weighted by Crippen LogP contribution is -2.02. The zero-order valence-electron chi connectivity index (χ0n) is 8.99. The number of rotatable bonds is 2. The average molecular weight is 390 g/mol. The number of hydrogen-bond acceptors (Lipinski definition) is 2. The van der Waals surface area contributed by atoms with Gasteiger partial charge in [-0.25, -0.2) is 0 Å². The molecule has 0 radical (unpaired) electrons. The Labute approximate surface area is 126 Å². The average Bonchev–Trinajstić information content (AvgIpc) is 2.62. The minimum absolute atomic E-state index is 0.273. The molecule has 1 N–H and O–H groups in total. The van der Waals surface area contributed by atoms with Gasteiger partial charge in [0.15, 0.2) is 0 Å². The molecule has 0 bridgehead atoms. The van der Waals surface area contributed by atoms with E-state index in [0.29, 0.717) is 15.2 Å². The predicted octanol–water partition coefficient (Wildman–Crippen LogP) is 4.15. The molecular weight excluding hydrogens is 383 g/mol. The molecule has 0 atom stereocenters. The number of halogens is 3. The maximum atomic E-state index is 9.43. The normalized spacial score (nSPS) is 10.4. The van der Waals surface area contributed by atoms with Crippen LogP contribution in [-0.4, -0.2) is 9.67 Å². The first-order chi connectivity index (χ1) is 8.60. The van der Waals surface area contributed by atoms with E-state index in [4.69, 9.17) is 16.9 Å². The Hall–Kier alpha value is -0.800. The van der Waals surface area contributed by atoms with Crippen molar-refractivity contribution in [3.63, 3.8) is 0 Å². The lowest BCUT2D eigenvalue weighted by molar-refractivity contribution is 0.211. The lowest BCUT2D eigenvalue weighted by Gasteiger charge is -2.07. The predicted molar refractivity (Wildman–Crippen MR) is 77.2 cm³/mol. The summed E-state index contributed by atoms with van der Waals surface area (Å²) in [5.74, 6) is 0. The van der Waals surface area contributed by atoms with Gasteiger partial charge in [0.1, 0.15) is 18.5 Å². The topological polar surface area (TPSA) is 49.0 Å². The van der Waals surface area contributed by atoms with Crippen LogP contribution in [-0.2, 0) is 6.73 Å². The van der Waals surface area contributed by atoms with Gasteiger partial charge in [-0.3, -0.25) is 0 Å². The molecule has 1 aromatic heterocycles. The van der Waals surface area contributed by atoms with Gasteiger partial charge in [0.2, 0.25) is 0 Å². The summed E-state index contributed by atoms with van der Waals surface area (Å²) in [6.07, 6.45) is 0. The summed E-state index contributed by atoms with van der Waals surface area (Å²) in [7, 11) is 0. The molecule has 1 aromatic carbocycles. The van der Waals surface area contributed by atoms with E-state index < -0.39 is 0 Å². The maximum Gasteiger partial charge on any atom is 0.138 e. The molecule has 92 valence electrons. The monoisotopic (exact) mass is 388 g/mol. The van der Waals surface area contributed by atoms with Crippen LogP contribution in [0.25, 0.3) is 11.3 Å². The largest absolute Gasteiger partial charge is 0.376 e. The minimum atomic E-state index is -0.273. The number of aliphatic hydroxyl groups is 1. The van der Waals surface area contributed by atoms with Gasteiger partial charge in [0.25, 0.3) is 0 Å². The van der Waals surface area contributed by atoms with Gasteiger partial charge < -0.3 is 9.67 Å². The summed E-state index contributed by atoms with van der Waals surface area (Å²) in [6, 6.07) is 9.25. The first-order valence-electron chi connectivity index (χ1n) is 4.94. The Morgan fingerprint density at radius 1 is 1.22 bits per heavy atom. The standard InChI is InChI=1S/C12H7Br2ClN2O/c13-10-9(5-16)17(6-18)12(11(10)14)7-1-3-8(15)4-2-7/h1-4,18H,6H2. The van der Waals surface area contributed by atoms with Crippen molar-refractivity contribution in [3.05, 3.63) is 43.9 Å². The summed E-state index contributed by atoms with van der Waals surface area (Å²) >= 11 is 12.6. The van der Waals surface area contributed by atoms with E-state index >= 15 is 0 Å².